The average Bonchev–Trinajstić information content (AvgIpc) is 2.39. The normalized spacial score (nSPS) is 17.1. The Morgan fingerprint density at radius 1 is 1.35 bits per heavy atom. The van der Waals surface area contributed by atoms with E-state index in [0.29, 0.717) is 11.7 Å². The van der Waals surface area contributed by atoms with Gasteiger partial charge in [-0.3, -0.25) is 0 Å². The van der Waals surface area contributed by atoms with Crippen LogP contribution in [0.5, 0.6) is 11.5 Å². The summed E-state index contributed by atoms with van der Waals surface area (Å²) < 4.78 is 5.29. The number of aryl methyl sites for hydroxylation is 1. The van der Waals surface area contributed by atoms with E-state index in [-0.39, 0.29) is 0 Å². The first-order valence-corrected chi connectivity index (χ1v) is 6.36. The van der Waals surface area contributed by atoms with Crippen molar-refractivity contribution in [2.45, 2.75) is 32.1 Å². The number of phenolic OH excluding ortho intramolecular Hbond substituents is 1. The van der Waals surface area contributed by atoms with Crippen molar-refractivity contribution in [2.75, 3.05) is 20.2 Å². The molecule has 1 saturated heterocycles. The van der Waals surface area contributed by atoms with Crippen LogP contribution in [-0.4, -0.2) is 25.3 Å². The number of ether oxygens (including phenoxy) is 1. The summed E-state index contributed by atoms with van der Waals surface area (Å²) in [6.07, 6.45) is 3.13. The first-order chi connectivity index (χ1) is 8.26. The molecule has 1 aromatic rings. The van der Waals surface area contributed by atoms with Crippen molar-refractivity contribution in [3.63, 3.8) is 0 Å². The number of methoxy groups -OCH3 is 1. The van der Waals surface area contributed by atoms with Gasteiger partial charge in [0.15, 0.2) is 0 Å². The highest BCUT2D eigenvalue weighted by Gasteiger charge is 2.20. The molecule has 3 heteroatoms. The maximum Gasteiger partial charge on any atom is 0.125 e. The molecule has 1 aliphatic heterocycles. The Kier molecular flexibility index (Phi) is 3.89. The molecule has 0 saturated carbocycles. The Hall–Kier alpha value is -1.22. The zero-order valence-electron chi connectivity index (χ0n) is 10.6. The van der Waals surface area contributed by atoms with E-state index in [1.54, 1.807) is 13.2 Å². The standard InChI is InChI=1S/C14H21NO2/c1-3-10-8-12(11-4-6-15-7-5-11)13(16)9-14(10)17-2/h8-9,11,15-16H,3-7H2,1-2H3. The third kappa shape index (κ3) is 2.55. The molecule has 2 rings (SSSR count). The van der Waals surface area contributed by atoms with E-state index >= 15 is 0 Å². The molecule has 0 atom stereocenters. The minimum Gasteiger partial charge on any atom is -0.508 e. The summed E-state index contributed by atoms with van der Waals surface area (Å²) >= 11 is 0. The zero-order valence-corrected chi connectivity index (χ0v) is 10.6. The minimum atomic E-state index is 0.381. The van der Waals surface area contributed by atoms with Crippen LogP contribution in [0.1, 0.15) is 36.8 Å². The SMILES string of the molecule is CCc1cc(C2CCNCC2)c(O)cc1OC. The van der Waals surface area contributed by atoms with Crippen molar-refractivity contribution in [3.8, 4) is 11.5 Å². The third-order valence-corrected chi connectivity index (χ3v) is 3.59. The van der Waals surface area contributed by atoms with Crippen LogP contribution in [0.4, 0.5) is 0 Å². The van der Waals surface area contributed by atoms with Gasteiger partial charge < -0.3 is 15.2 Å². The number of hydrogen-bond donors (Lipinski definition) is 2. The van der Waals surface area contributed by atoms with Crippen molar-refractivity contribution >= 4 is 0 Å². The lowest BCUT2D eigenvalue weighted by Crippen LogP contribution is -2.26. The lowest BCUT2D eigenvalue weighted by molar-refractivity contribution is 0.395. The van der Waals surface area contributed by atoms with Gasteiger partial charge in [0.25, 0.3) is 0 Å². The molecular formula is C14H21NO2. The highest BCUT2D eigenvalue weighted by molar-refractivity contribution is 5.47. The molecular weight excluding hydrogens is 214 g/mol. The highest BCUT2D eigenvalue weighted by Crippen LogP contribution is 2.36. The average molecular weight is 235 g/mol. The van der Waals surface area contributed by atoms with E-state index in [9.17, 15) is 5.11 Å². The van der Waals surface area contributed by atoms with Crippen molar-refractivity contribution in [2.24, 2.45) is 0 Å². The van der Waals surface area contributed by atoms with E-state index in [1.165, 1.54) is 5.56 Å². The predicted octanol–water partition coefficient (Wildman–Crippen LogP) is 2.43. The monoisotopic (exact) mass is 235 g/mol. The maximum absolute atomic E-state index is 10.1. The van der Waals surface area contributed by atoms with Gasteiger partial charge in [-0.2, -0.15) is 0 Å². The quantitative estimate of drug-likeness (QED) is 0.845. The Morgan fingerprint density at radius 2 is 2.06 bits per heavy atom. The summed E-state index contributed by atoms with van der Waals surface area (Å²) in [7, 11) is 1.65. The van der Waals surface area contributed by atoms with Crippen molar-refractivity contribution in [1.29, 1.82) is 0 Å². The van der Waals surface area contributed by atoms with E-state index in [0.717, 1.165) is 43.7 Å². The van der Waals surface area contributed by atoms with Crippen molar-refractivity contribution in [3.05, 3.63) is 23.3 Å². The molecule has 17 heavy (non-hydrogen) atoms. The molecule has 1 aliphatic rings. The minimum absolute atomic E-state index is 0.381. The third-order valence-electron chi connectivity index (χ3n) is 3.59. The fraction of sp³-hybridized carbons (Fsp3) is 0.571. The van der Waals surface area contributed by atoms with Gasteiger partial charge in [0.1, 0.15) is 11.5 Å². The van der Waals surface area contributed by atoms with Gasteiger partial charge in [-0.15, -0.1) is 0 Å². The molecule has 3 nitrogen and oxygen atoms in total. The predicted molar refractivity (Wildman–Crippen MR) is 68.9 cm³/mol. The molecule has 0 spiro atoms. The van der Waals surface area contributed by atoms with Gasteiger partial charge in [-0.05, 0) is 55.5 Å². The van der Waals surface area contributed by atoms with Crippen LogP contribution >= 0.6 is 0 Å². The van der Waals surface area contributed by atoms with E-state index < -0.39 is 0 Å². The lowest BCUT2D eigenvalue weighted by Gasteiger charge is -2.24. The first-order valence-electron chi connectivity index (χ1n) is 6.36. The Labute approximate surface area is 103 Å². The molecule has 0 radical (unpaired) electrons. The van der Waals surface area contributed by atoms with Crippen molar-refractivity contribution in [1.82, 2.24) is 5.32 Å². The van der Waals surface area contributed by atoms with Gasteiger partial charge in [0, 0.05) is 6.07 Å². The van der Waals surface area contributed by atoms with Gasteiger partial charge >= 0.3 is 0 Å². The number of benzene rings is 1. The van der Waals surface area contributed by atoms with Gasteiger partial charge in [-0.25, -0.2) is 0 Å². The first kappa shape index (κ1) is 12.2. The second-order valence-electron chi connectivity index (χ2n) is 4.60. The molecule has 1 fully saturated rings. The number of piperidine rings is 1. The number of aromatic hydroxyl groups is 1. The van der Waals surface area contributed by atoms with Crippen LogP contribution in [0.15, 0.2) is 12.1 Å². The number of hydrogen-bond acceptors (Lipinski definition) is 3. The summed E-state index contributed by atoms with van der Waals surface area (Å²) in [5, 5.41) is 13.4. The molecule has 94 valence electrons. The zero-order chi connectivity index (χ0) is 12.3. The molecule has 1 aromatic carbocycles. The lowest BCUT2D eigenvalue weighted by atomic mass is 9.88. The van der Waals surface area contributed by atoms with Gasteiger partial charge in [-0.1, -0.05) is 6.92 Å². The Morgan fingerprint density at radius 3 is 2.65 bits per heavy atom. The molecule has 2 N–H and O–H groups in total. The molecule has 0 aromatic heterocycles. The fourth-order valence-corrected chi connectivity index (χ4v) is 2.56. The van der Waals surface area contributed by atoms with Crippen LogP contribution in [0.2, 0.25) is 0 Å². The topological polar surface area (TPSA) is 41.5 Å². The van der Waals surface area contributed by atoms with E-state index in [4.69, 9.17) is 4.74 Å². The smallest absolute Gasteiger partial charge is 0.125 e. The largest absolute Gasteiger partial charge is 0.508 e. The van der Waals surface area contributed by atoms with Crippen LogP contribution in [0.3, 0.4) is 0 Å². The molecule has 0 amide bonds. The molecule has 0 bridgehead atoms. The van der Waals surface area contributed by atoms with Crippen LogP contribution in [0.25, 0.3) is 0 Å². The molecule has 0 aliphatic carbocycles. The van der Waals surface area contributed by atoms with Gasteiger partial charge in [0.05, 0.1) is 7.11 Å². The summed E-state index contributed by atoms with van der Waals surface area (Å²) in [6, 6.07) is 3.88. The van der Waals surface area contributed by atoms with Crippen LogP contribution in [-0.2, 0) is 6.42 Å². The summed E-state index contributed by atoms with van der Waals surface area (Å²) in [5.74, 6) is 1.65. The van der Waals surface area contributed by atoms with Crippen molar-refractivity contribution < 1.29 is 9.84 Å². The second-order valence-corrected chi connectivity index (χ2v) is 4.60. The Balaban J connectivity index is 2.32. The summed E-state index contributed by atoms with van der Waals surface area (Å²) in [4.78, 5) is 0. The molecule has 0 unspecified atom stereocenters. The summed E-state index contributed by atoms with van der Waals surface area (Å²) in [6.45, 7) is 4.19. The number of phenols is 1. The molecule has 1 heterocycles. The van der Waals surface area contributed by atoms with Gasteiger partial charge in [0.2, 0.25) is 0 Å². The fourth-order valence-electron chi connectivity index (χ4n) is 2.56. The van der Waals surface area contributed by atoms with Crippen LogP contribution < -0.4 is 10.1 Å². The maximum atomic E-state index is 10.1. The van der Waals surface area contributed by atoms with E-state index in [1.807, 2.05) is 0 Å². The highest BCUT2D eigenvalue weighted by atomic mass is 16.5. The Bertz CT molecular complexity index is 384. The van der Waals surface area contributed by atoms with E-state index in [2.05, 4.69) is 18.3 Å². The number of rotatable bonds is 3. The second kappa shape index (κ2) is 5.41. The summed E-state index contributed by atoms with van der Waals surface area (Å²) in [5.41, 5.74) is 2.27. The van der Waals surface area contributed by atoms with Crippen LogP contribution in [0, 0.1) is 0 Å². The number of nitrogens with one attached hydrogen (secondary N) is 1.